The molecule has 0 aliphatic heterocycles. The van der Waals surface area contributed by atoms with Crippen molar-refractivity contribution in [1.82, 2.24) is 0 Å². The minimum atomic E-state index is -0.181. The van der Waals surface area contributed by atoms with E-state index in [1.165, 1.54) is 0 Å². The molecule has 0 atom stereocenters. The maximum Gasteiger partial charge on any atom is 0.314 e. The highest BCUT2D eigenvalue weighted by Gasteiger charge is 2.27. The third-order valence-corrected chi connectivity index (χ3v) is 3.54. The number of hydrogen-bond donors (Lipinski definition) is 0. The summed E-state index contributed by atoms with van der Waals surface area (Å²) in [6.45, 7) is 0. The van der Waals surface area contributed by atoms with Gasteiger partial charge in [-0.25, -0.2) is 0 Å². The van der Waals surface area contributed by atoms with Gasteiger partial charge in [0.1, 0.15) is 5.75 Å². The lowest BCUT2D eigenvalue weighted by Crippen LogP contribution is -2.28. The molecule has 0 spiro atoms. The number of carbonyl (C=O) groups excluding carboxylic acids is 1. The second-order valence-corrected chi connectivity index (χ2v) is 4.77. The van der Waals surface area contributed by atoms with Crippen LogP contribution >= 0.6 is 0 Å². The Morgan fingerprint density at radius 3 is 2.37 bits per heavy atom. The van der Waals surface area contributed by atoms with E-state index in [0.717, 1.165) is 25.7 Å². The first kappa shape index (κ1) is 13.6. The molecule has 0 saturated heterocycles. The SMILES string of the molecule is COC1CCC(C(=O)Oc2ccc(C#N)cc2)CC1. The minimum Gasteiger partial charge on any atom is -0.426 e. The van der Waals surface area contributed by atoms with E-state index in [9.17, 15) is 4.79 Å². The molecule has 0 bridgehead atoms. The number of rotatable bonds is 3. The maximum atomic E-state index is 12.0. The Balaban J connectivity index is 1.89. The van der Waals surface area contributed by atoms with Gasteiger partial charge in [-0.2, -0.15) is 5.26 Å². The fourth-order valence-electron chi connectivity index (χ4n) is 2.33. The highest BCUT2D eigenvalue weighted by Crippen LogP contribution is 2.27. The van der Waals surface area contributed by atoms with Crippen LogP contribution in [0.15, 0.2) is 24.3 Å². The van der Waals surface area contributed by atoms with Crippen LogP contribution in [0.3, 0.4) is 0 Å². The van der Waals surface area contributed by atoms with Crippen molar-refractivity contribution < 1.29 is 14.3 Å². The van der Waals surface area contributed by atoms with E-state index in [1.807, 2.05) is 6.07 Å². The van der Waals surface area contributed by atoms with Crippen LogP contribution in [-0.4, -0.2) is 19.2 Å². The molecule has 0 heterocycles. The molecule has 1 aliphatic rings. The molecule has 1 aromatic rings. The summed E-state index contributed by atoms with van der Waals surface area (Å²) >= 11 is 0. The highest BCUT2D eigenvalue weighted by atomic mass is 16.5. The highest BCUT2D eigenvalue weighted by molar-refractivity contribution is 5.75. The lowest BCUT2D eigenvalue weighted by molar-refractivity contribution is -0.140. The van der Waals surface area contributed by atoms with E-state index in [2.05, 4.69) is 0 Å². The molecule has 1 aliphatic carbocycles. The van der Waals surface area contributed by atoms with E-state index < -0.39 is 0 Å². The average molecular weight is 259 g/mol. The molecule has 1 fully saturated rings. The maximum absolute atomic E-state index is 12.0. The molecule has 0 radical (unpaired) electrons. The smallest absolute Gasteiger partial charge is 0.314 e. The van der Waals surface area contributed by atoms with Gasteiger partial charge >= 0.3 is 5.97 Å². The minimum absolute atomic E-state index is 0.0398. The quantitative estimate of drug-likeness (QED) is 0.618. The Morgan fingerprint density at radius 1 is 1.21 bits per heavy atom. The van der Waals surface area contributed by atoms with Gasteiger partial charge in [-0.05, 0) is 49.9 Å². The molecule has 1 aromatic carbocycles. The summed E-state index contributed by atoms with van der Waals surface area (Å²) in [4.78, 5) is 12.0. The first-order valence-corrected chi connectivity index (χ1v) is 6.47. The monoisotopic (exact) mass is 259 g/mol. The molecule has 0 N–H and O–H groups in total. The number of methoxy groups -OCH3 is 1. The van der Waals surface area contributed by atoms with Gasteiger partial charge in [0, 0.05) is 7.11 Å². The summed E-state index contributed by atoms with van der Waals surface area (Å²) in [6.07, 6.45) is 3.72. The van der Waals surface area contributed by atoms with Crippen LogP contribution in [0.1, 0.15) is 31.2 Å². The molecular weight excluding hydrogens is 242 g/mol. The van der Waals surface area contributed by atoms with E-state index in [1.54, 1.807) is 31.4 Å². The lowest BCUT2D eigenvalue weighted by atomic mass is 9.87. The summed E-state index contributed by atoms with van der Waals surface area (Å²) in [5.41, 5.74) is 0.556. The van der Waals surface area contributed by atoms with Crippen molar-refractivity contribution in [3.63, 3.8) is 0 Å². The first-order valence-electron chi connectivity index (χ1n) is 6.47. The van der Waals surface area contributed by atoms with Gasteiger partial charge in [0.15, 0.2) is 0 Å². The molecule has 4 heteroatoms. The number of benzene rings is 1. The van der Waals surface area contributed by atoms with Crippen molar-refractivity contribution in [3.8, 4) is 11.8 Å². The number of carbonyl (C=O) groups is 1. The standard InChI is InChI=1S/C15H17NO3/c1-18-13-8-4-12(5-9-13)15(17)19-14-6-2-11(10-16)3-7-14/h2-3,6-7,12-13H,4-5,8-9H2,1H3. The zero-order valence-electron chi connectivity index (χ0n) is 11.0. The second kappa shape index (κ2) is 6.35. The van der Waals surface area contributed by atoms with Crippen molar-refractivity contribution in [3.05, 3.63) is 29.8 Å². The fourth-order valence-corrected chi connectivity index (χ4v) is 2.33. The number of esters is 1. The van der Waals surface area contributed by atoms with Crippen LogP contribution in [0.4, 0.5) is 0 Å². The molecular formula is C15H17NO3. The summed E-state index contributed by atoms with van der Waals surface area (Å²) < 4.78 is 10.6. The zero-order valence-corrected chi connectivity index (χ0v) is 11.0. The fraction of sp³-hybridized carbons (Fsp3) is 0.467. The Bertz CT molecular complexity index is 467. The van der Waals surface area contributed by atoms with E-state index in [4.69, 9.17) is 14.7 Å². The molecule has 2 rings (SSSR count). The van der Waals surface area contributed by atoms with Gasteiger partial charge in [-0.15, -0.1) is 0 Å². The molecule has 4 nitrogen and oxygen atoms in total. The van der Waals surface area contributed by atoms with Gasteiger partial charge < -0.3 is 9.47 Å². The van der Waals surface area contributed by atoms with Crippen LogP contribution in [0, 0.1) is 17.2 Å². The molecule has 0 amide bonds. The summed E-state index contributed by atoms with van der Waals surface area (Å²) in [5, 5.41) is 8.69. The summed E-state index contributed by atoms with van der Waals surface area (Å²) in [7, 11) is 1.71. The van der Waals surface area contributed by atoms with Crippen LogP contribution < -0.4 is 4.74 Å². The van der Waals surface area contributed by atoms with Gasteiger partial charge in [0.25, 0.3) is 0 Å². The van der Waals surface area contributed by atoms with Crippen LogP contribution in [0.25, 0.3) is 0 Å². The zero-order chi connectivity index (χ0) is 13.7. The van der Waals surface area contributed by atoms with Crippen molar-refractivity contribution in [1.29, 1.82) is 5.26 Å². The van der Waals surface area contributed by atoms with Crippen LogP contribution in [-0.2, 0) is 9.53 Å². The Morgan fingerprint density at radius 2 is 1.84 bits per heavy atom. The van der Waals surface area contributed by atoms with Gasteiger partial charge in [0.05, 0.1) is 23.7 Å². The molecule has 100 valence electrons. The molecule has 1 saturated carbocycles. The number of nitriles is 1. The Kier molecular flexibility index (Phi) is 4.53. The van der Waals surface area contributed by atoms with Crippen molar-refractivity contribution in [2.24, 2.45) is 5.92 Å². The first-order chi connectivity index (χ1) is 9.22. The number of nitrogens with zero attached hydrogens (tertiary/aromatic N) is 1. The van der Waals surface area contributed by atoms with Crippen molar-refractivity contribution >= 4 is 5.97 Å². The van der Waals surface area contributed by atoms with E-state index in [0.29, 0.717) is 11.3 Å². The normalized spacial score (nSPS) is 22.5. The second-order valence-electron chi connectivity index (χ2n) is 4.77. The lowest BCUT2D eigenvalue weighted by Gasteiger charge is -2.26. The van der Waals surface area contributed by atoms with Gasteiger partial charge in [-0.1, -0.05) is 0 Å². The molecule has 0 aromatic heterocycles. The summed E-state index contributed by atoms with van der Waals surface area (Å²) in [5.74, 6) is 0.277. The predicted octanol–water partition coefficient (Wildman–Crippen LogP) is 2.67. The van der Waals surface area contributed by atoms with Gasteiger partial charge in [0.2, 0.25) is 0 Å². The van der Waals surface area contributed by atoms with E-state index in [-0.39, 0.29) is 18.0 Å². The summed E-state index contributed by atoms with van der Waals surface area (Å²) in [6, 6.07) is 8.61. The van der Waals surface area contributed by atoms with Crippen molar-refractivity contribution in [2.45, 2.75) is 31.8 Å². The Labute approximate surface area is 112 Å². The van der Waals surface area contributed by atoms with E-state index >= 15 is 0 Å². The predicted molar refractivity (Wildman–Crippen MR) is 69.5 cm³/mol. The largest absolute Gasteiger partial charge is 0.426 e. The van der Waals surface area contributed by atoms with Crippen LogP contribution in [0.2, 0.25) is 0 Å². The van der Waals surface area contributed by atoms with Crippen molar-refractivity contribution in [2.75, 3.05) is 7.11 Å². The Hall–Kier alpha value is -1.86. The third-order valence-electron chi connectivity index (χ3n) is 3.54. The van der Waals surface area contributed by atoms with Crippen LogP contribution in [0.5, 0.6) is 5.75 Å². The third kappa shape index (κ3) is 3.55. The average Bonchev–Trinajstić information content (AvgIpc) is 2.48. The molecule has 19 heavy (non-hydrogen) atoms. The number of ether oxygens (including phenoxy) is 2. The molecule has 0 unspecified atom stereocenters. The van der Waals surface area contributed by atoms with Gasteiger partial charge in [-0.3, -0.25) is 4.79 Å². The topological polar surface area (TPSA) is 59.3 Å². The number of hydrogen-bond acceptors (Lipinski definition) is 4.